The van der Waals surface area contributed by atoms with Crippen molar-refractivity contribution in [1.29, 1.82) is 0 Å². The van der Waals surface area contributed by atoms with Gasteiger partial charge in [0.05, 0.1) is 22.3 Å². The maximum absolute atomic E-state index is 14.2. The monoisotopic (exact) mass is 1870 g/mol. The molecule has 720 valence electrons. The van der Waals surface area contributed by atoms with Gasteiger partial charge in [-0.25, -0.2) is 19.2 Å². The Hall–Kier alpha value is -13.6. The van der Waals surface area contributed by atoms with Gasteiger partial charge in [0.2, 0.25) is 0 Å². The second kappa shape index (κ2) is 46.9. The summed E-state index contributed by atoms with van der Waals surface area (Å²) >= 11 is 0. The van der Waals surface area contributed by atoms with Gasteiger partial charge in [-0.05, 0) is 333 Å². The number of benzene rings is 16. The molecule has 0 atom stereocenters. The highest BCUT2D eigenvalue weighted by Gasteiger charge is 2.31. The summed E-state index contributed by atoms with van der Waals surface area (Å²) in [6, 6.07) is 114. The fourth-order valence-electron chi connectivity index (χ4n) is 23.5. The molecule has 0 amide bonds. The molecule has 0 aromatic heterocycles. The molecule has 4 fully saturated rings. The molecule has 0 spiro atoms. The van der Waals surface area contributed by atoms with E-state index in [9.17, 15) is 19.2 Å². The predicted molar refractivity (Wildman–Crippen MR) is 587 cm³/mol. The van der Waals surface area contributed by atoms with Crippen LogP contribution >= 0.6 is 0 Å². The number of hydrogen-bond acceptors (Lipinski definition) is 8. The lowest BCUT2D eigenvalue weighted by Gasteiger charge is -2.29. The van der Waals surface area contributed by atoms with Gasteiger partial charge in [-0.2, -0.15) is 0 Å². The molecule has 4 aliphatic carbocycles. The number of unbranched alkanes of at least 4 members (excludes halogenated alkanes) is 6. The third-order valence-corrected chi connectivity index (χ3v) is 32.0. The number of hydrogen-bond donors (Lipinski definition) is 0. The molecule has 0 radical (unpaired) electrons. The Labute approximate surface area is 841 Å². The van der Waals surface area contributed by atoms with Crippen molar-refractivity contribution in [2.45, 2.75) is 244 Å². The van der Waals surface area contributed by atoms with E-state index >= 15 is 0 Å². The van der Waals surface area contributed by atoms with Crippen molar-refractivity contribution < 1.29 is 38.1 Å². The van der Waals surface area contributed by atoms with Gasteiger partial charge >= 0.3 is 23.9 Å². The predicted octanol–water partition coefficient (Wildman–Crippen LogP) is 37.5. The topological polar surface area (TPSA) is 105 Å². The zero-order chi connectivity index (χ0) is 97.0. The van der Waals surface area contributed by atoms with Crippen molar-refractivity contribution in [1.82, 2.24) is 0 Å². The van der Waals surface area contributed by atoms with Crippen LogP contribution in [0, 0.1) is 23.7 Å². The molecule has 8 nitrogen and oxygen atoms in total. The Bertz CT molecular complexity index is 6540. The molecule has 0 heterocycles. The van der Waals surface area contributed by atoms with Gasteiger partial charge in [0.25, 0.3) is 0 Å². The van der Waals surface area contributed by atoms with E-state index in [1.165, 1.54) is 215 Å². The minimum Gasteiger partial charge on any atom is -0.422 e. The van der Waals surface area contributed by atoms with Crippen LogP contribution in [0.25, 0.3) is 110 Å². The molecular formula is C134H136O8. The number of carbonyl (C=O) groups is 4. The van der Waals surface area contributed by atoms with Gasteiger partial charge in [0.15, 0.2) is 0 Å². The highest BCUT2D eigenvalue weighted by Crippen LogP contribution is 2.51. The lowest BCUT2D eigenvalue weighted by Crippen LogP contribution is -2.13. The second-order valence-corrected chi connectivity index (χ2v) is 41.1. The molecule has 0 N–H and O–H groups in total. The number of carbonyl (C=O) groups excluding carboxylic acids is 4. The first-order chi connectivity index (χ1) is 69.8. The zero-order valence-corrected chi connectivity index (χ0v) is 83.4. The molecule has 8 heteroatoms. The van der Waals surface area contributed by atoms with Crippen molar-refractivity contribution >= 4 is 67.0 Å². The molecule has 0 unspecified atom stereocenters. The molecule has 0 bridgehead atoms. The van der Waals surface area contributed by atoms with E-state index in [-0.39, 0.29) is 0 Å². The summed E-state index contributed by atoms with van der Waals surface area (Å²) in [6.45, 7) is 9.15. The van der Waals surface area contributed by atoms with E-state index in [4.69, 9.17) is 18.9 Å². The van der Waals surface area contributed by atoms with Crippen molar-refractivity contribution in [3.63, 3.8) is 0 Å². The Morgan fingerprint density at radius 3 is 0.577 bits per heavy atom. The maximum atomic E-state index is 14.2. The molecule has 16 aromatic carbocycles. The first kappa shape index (κ1) is 97.3. The third-order valence-electron chi connectivity index (χ3n) is 32.0. The van der Waals surface area contributed by atoms with E-state index in [1.807, 2.05) is 243 Å². The fourth-order valence-corrected chi connectivity index (χ4v) is 23.5. The first-order valence-corrected chi connectivity index (χ1v) is 53.6. The molecule has 0 aliphatic heterocycles. The van der Waals surface area contributed by atoms with Crippen LogP contribution < -0.4 is 18.9 Å². The van der Waals surface area contributed by atoms with Crippen LogP contribution in [0.5, 0.6) is 23.0 Å². The average Bonchev–Trinajstić information content (AvgIpc) is 0.750. The number of esters is 4. The van der Waals surface area contributed by atoms with Crippen LogP contribution in [0.3, 0.4) is 0 Å². The van der Waals surface area contributed by atoms with E-state index in [1.54, 1.807) is 0 Å². The summed E-state index contributed by atoms with van der Waals surface area (Å²) in [6.07, 6.45) is 39.8. The van der Waals surface area contributed by atoms with E-state index < -0.39 is 23.9 Å². The van der Waals surface area contributed by atoms with E-state index in [2.05, 4.69) is 125 Å². The zero-order valence-electron chi connectivity index (χ0n) is 83.4. The van der Waals surface area contributed by atoms with Gasteiger partial charge < -0.3 is 18.9 Å². The van der Waals surface area contributed by atoms with E-state index in [0.29, 0.717) is 91.2 Å². The minimum atomic E-state index is -0.466. The summed E-state index contributed by atoms with van der Waals surface area (Å²) in [5.74, 6) is 5.81. The fraction of sp³-hybridized carbons (Fsp3) is 0.313. The van der Waals surface area contributed by atoms with Crippen LogP contribution in [0.4, 0.5) is 0 Å². The molecule has 4 saturated carbocycles. The highest BCUT2D eigenvalue weighted by molar-refractivity contribution is 6.13. The van der Waals surface area contributed by atoms with Crippen LogP contribution in [0.15, 0.2) is 340 Å². The molecule has 0 saturated heterocycles. The Kier molecular flexibility index (Phi) is 32.1. The van der Waals surface area contributed by atoms with Gasteiger partial charge in [0, 0.05) is 22.3 Å². The highest BCUT2D eigenvalue weighted by atomic mass is 16.5. The largest absolute Gasteiger partial charge is 0.422 e. The van der Waals surface area contributed by atoms with Crippen LogP contribution in [-0.4, -0.2) is 23.9 Å². The van der Waals surface area contributed by atoms with E-state index in [0.717, 1.165) is 111 Å². The maximum Gasteiger partial charge on any atom is 0.343 e. The van der Waals surface area contributed by atoms with Crippen LogP contribution in [0.2, 0.25) is 0 Å². The van der Waals surface area contributed by atoms with Gasteiger partial charge in [0.1, 0.15) is 23.0 Å². The summed E-state index contributed by atoms with van der Waals surface area (Å²) in [4.78, 5) is 56.6. The standard InChI is InChI=1S/C68H70O4.C66H66O4/c1-3-5-7-13-47-19-23-49(24-20-47)51-27-31-53(32-28-51)55-35-39-59(40-36-55)67(69)71-63-45-43-57-15-9-11-17-61(57)65(63)66-62-18-12-10-16-58(62)44-46-64(66)72-68(70)60-41-37-56(38-42-60)54-33-29-52(30-34-54)50-25-21-48(22-26-50)14-8-6-4-2;1-3-5-11-45-17-21-47(22-18-45)49-25-29-51(30-26-49)53-33-37-57(38-34-53)65(67)69-61-43-41-55-13-7-9-15-59(55)63(61)64-60-16-10-8-14-56(60)42-44-62(64)70-66(68)58-39-35-54(36-40-58)52-31-27-50(28-32-52)48-23-19-46(20-24-48)12-6-4-2/h9-12,15-18,27-50H,3-8,13-14,19-26H2,1-2H3;7-10,13-16,25-48H,3-6,11-12,17-24H2,1-2H3. The normalized spacial score (nSPS) is 18.1. The Morgan fingerprint density at radius 2 is 0.380 bits per heavy atom. The van der Waals surface area contributed by atoms with Crippen molar-refractivity contribution in [3.05, 3.63) is 384 Å². The van der Waals surface area contributed by atoms with Crippen molar-refractivity contribution in [2.75, 3.05) is 0 Å². The Balaban J connectivity index is 0.000000180. The third kappa shape index (κ3) is 23.3. The summed E-state index contributed by atoms with van der Waals surface area (Å²) < 4.78 is 25.5. The molecule has 20 rings (SSSR count). The Morgan fingerprint density at radius 1 is 0.197 bits per heavy atom. The quantitative estimate of drug-likeness (QED) is 0.0233. The van der Waals surface area contributed by atoms with Gasteiger partial charge in [-0.1, -0.05) is 385 Å². The minimum absolute atomic E-state index is 0.381. The molecular weight excluding hydrogens is 1740 g/mol. The molecule has 4 aliphatic rings. The van der Waals surface area contributed by atoms with Gasteiger partial charge in [-0.3, -0.25) is 0 Å². The number of ether oxygens (including phenoxy) is 4. The van der Waals surface area contributed by atoms with Crippen molar-refractivity contribution in [3.8, 4) is 89.8 Å². The van der Waals surface area contributed by atoms with Crippen LogP contribution in [0.1, 0.15) is 308 Å². The first-order valence-electron chi connectivity index (χ1n) is 53.6. The number of rotatable bonds is 32. The average molecular weight is 1870 g/mol. The smallest absolute Gasteiger partial charge is 0.343 e. The van der Waals surface area contributed by atoms with Gasteiger partial charge in [-0.15, -0.1) is 0 Å². The molecule has 16 aromatic rings. The summed E-state index contributed by atoms with van der Waals surface area (Å²) in [5, 5.41) is 7.38. The number of fused-ring (bicyclic) bond motifs is 4. The lowest BCUT2D eigenvalue weighted by molar-refractivity contribution is 0.0723. The molecule has 142 heavy (non-hydrogen) atoms. The summed E-state index contributed by atoms with van der Waals surface area (Å²) in [7, 11) is 0. The second-order valence-electron chi connectivity index (χ2n) is 41.1. The SMILES string of the molecule is CCCCC1CCC(c2ccc(-c3ccc(C(=O)Oc4ccc5ccccc5c4-c4c(OC(=O)c5ccc(-c6ccc(C7CCC(CCCC)CC7)cc6)cc5)ccc5ccccc45)cc3)cc2)CC1.CCCCCC1CCC(c2ccc(-c3ccc(C(=O)Oc4ccc5ccccc5c4-c4c(OC(=O)c5ccc(-c6ccc(C7CCC(CCCCC)CC7)cc6)cc5)ccc5ccccc45)cc3)cc2)CC1. The lowest BCUT2D eigenvalue weighted by atomic mass is 9.77. The summed E-state index contributed by atoms with van der Waals surface area (Å²) in [5.41, 5.74) is 19.0. The van der Waals surface area contributed by atoms with Crippen LogP contribution in [-0.2, 0) is 0 Å². The van der Waals surface area contributed by atoms with Crippen molar-refractivity contribution in [2.24, 2.45) is 23.7 Å².